The second-order valence-electron chi connectivity index (χ2n) is 6.10. The smallest absolute Gasteiger partial charge is 0.325 e. The Kier molecular flexibility index (Phi) is 5.36. The van der Waals surface area contributed by atoms with Gasteiger partial charge < -0.3 is 5.32 Å². The molecule has 4 rings (SSSR count). The summed E-state index contributed by atoms with van der Waals surface area (Å²) < 4.78 is 39.3. The number of hydrogen-bond acceptors (Lipinski definition) is 6. The molecule has 7 nitrogen and oxygen atoms in total. The lowest BCUT2D eigenvalue weighted by molar-refractivity contribution is -0.137. The van der Waals surface area contributed by atoms with Crippen LogP contribution in [0.4, 0.5) is 18.9 Å². The first-order valence-electron chi connectivity index (χ1n) is 8.64. The second kappa shape index (κ2) is 8.11. The van der Waals surface area contributed by atoms with Gasteiger partial charge in [-0.15, -0.1) is 10.2 Å². The summed E-state index contributed by atoms with van der Waals surface area (Å²) in [7, 11) is 0. The number of aromatic nitrogens is 5. The van der Waals surface area contributed by atoms with E-state index < -0.39 is 17.6 Å². The van der Waals surface area contributed by atoms with Crippen LogP contribution in [-0.4, -0.2) is 36.5 Å². The number of carbonyl (C=O) groups excluding carboxylic acids is 1. The van der Waals surface area contributed by atoms with Crippen molar-refractivity contribution in [3.8, 4) is 11.4 Å². The number of rotatable bonds is 5. The van der Waals surface area contributed by atoms with Gasteiger partial charge in [0.2, 0.25) is 11.1 Å². The Bertz CT molecular complexity index is 1180. The van der Waals surface area contributed by atoms with Gasteiger partial charge in [0.05, 0.1) is 17.0 Å². The third-order valence-electron chi connectivity index (χ3n) is 3.99. The highest BCUT2D eigenvalue weighted by Crippen LogP contribution is 2.30. The van der Waals surface area contributed by atoms with E-state index in [1.807, 2.05) is 12.1 Å². The van der Waals surface area contributed by atoms with Crippen molar-refractivity contribution in [1.82, 2.24) is 24.8 Å². The summed E-state index contributed by atoms with van der Waals surface area (Å²) >= 11 is 1.11. The number of halogens is 3. The zero-order chi connectivity index (χ0) is 21.1. The normalized spacial score (nSPS) is 11.6. The van der Waals surface area contributed by atoms with Gasteiger partial charge in [-0.05, 0) is 48.5 Å². The quantitative estimate of drug-likeness (QED) is 0.483. The molecule has 0 aliphatic heterocycles. The van der Waals surface area contributed by atoms with Crippen LogP contribution >= 0.6 is 11.8 Å². The van der Waals surface area contributed by atoms with Crippen LogP contribution in [0.3, 0.4) is 0 Å². The topological polar surface area (TPSA) is 85.1 Å². The highest BCUT2D eigenvalue weighted by Gasteiger charge is 2.30. The van der Waals surface area contributed by atoms with Crippen LogP contribution in [0.5, 0.6) is 0 Å². The number of benzene rings is 1. The summed E-state index contributed by atoms with van der Waals surface area (Å²) in [6.45, 7) is 0. The van der Waals surface area contributed by atoms with Gasteiger partial charge >= 0.3 is 6.18 Å². The Labute approximate surface area is 172 Å². The molecule has 0 aliphatic rings. The molecule has 1 aromatic carbocycles. The van der Waals surface area contributed by atoms with Crippen LogP contribution in [0.1, 0.15) is 5.56 Å². The number of pyridine rings is 1. The van der Waals surface area contributed by atoms with Crippen LogP contribution in [0.2, 0.25) is 0 Å². The molecule has 0 saturated carbocycles. The lowest BCUT2D eigenvalue weighted by Gasteiger charge is -2.08. The molecular weight excluding hydrogens is 417 g/mol. The van der Waals surface area contributed by atoms with Crippen molar-refractivity contribution in [3.63, 3.8) is 0 Å². The van der Waals surface area contributed by atoms with Gasteiger partial charge in [0.15, 0.2) is 5.65 Å². The van der Waals surface area contributed by atoms with E-state index >= 15 is 0 Å². The number of carbonyl (C=O) groups is 1. The monoisotopic (exact) mass is 430 g/mol. The second-order valence-corrected chi connectivity index (χ2v) is 7.04. The molecule has 0 bridgehead atoms. The summed E-state index contributed by atoms with van der Waals surface area (Å²) in [5.41, 5.74) is 1.32. The van der Waals surface area contributed by atoms with Gasteiger partial charge in [0.25, 0.3) is 0 Å². The molecule has 3 aromatic heterocycles. The maximum atomic E-state index is 12.6. The van der Waals surface area contributed by atoms with Gasteiger partial charge in [-0.25, -0.2) is 0 Å². The first-order valence-corrected chi connectivity index (χ1v) is 9.62. The summed E-state index contributed by atoms with van der Waals surface area (Å²) in [4.78, 5) is 16.4. The minimum absolute atomic E-state index is 0.0166. The Morgan fingerprint density at radius 1 is 1.00 bits per heavy atom. The first kappa shape index (κ1) is 19.8. The maximum Gasteiger partial charge on any atom is 0.416 e. The Morgan fingerprint density at radius 3 is 2.50 bits per heavy atom. The van der Waals surface area contributed by atoms with Gasteiger partial charge in [0, 0.05) is 11.9 Å². The third kappa shape index (κ3) is 4.40. The summed E-state index contributed by atoms with van der Waals surface area (Å²) in [6, 6.07) is 13.2. The van der Waals surface area contributed by atoms with Crippen LogP contribution in [0.25, 0.3) is 17.0 Å². The highest BCUT2D eigenvalue weighted by atomic mass is 32.2. The van der Waals surface area contributed by atoms with E-state index in [1.54, 1.807) is 24.4 Å². The maximum absolute atomic E-state index is 12.6. The zero-order valence-corrected chi connectivity index (χ0v) is 16.0. The number of thioether (sulfide) groups is 1. The first-order chi connectivity index (χ1) is 14.4. The van der Waals surface area contributed by atoms with Gasteiger partial charge in [-0.3, -0.25) is 9.78 Å². The molecule has 0 spiro atoms. The lowest BCUT2D eigenvalue weighted by atomic mass is 10.2. The summed E-state index contributed by atoms with van der Waals surface area (Å²) in [5.74, 6) is -0.408. The fourth-order valence-electron chi connectivity index (χ4n) is 2.58. The molecule has 0 radical (unpaired) electrons. The molecule has 3 heterocycles. The average Bonchev–Trinajstić information content (AvgIpc) is 3.15. The zero-order valence-electron chi connectivity index (χ0n) is 15.2. The standard InChI is InChI=1S/C19H13F3N6OS/c20-19(21,22)12-4-6-13(7-5-12)24-17(29)11-30-18-26-25-16-9-8-15(27-28(16)18)14-3-1-2-10-23-14/h1-10H,11H2,(H,24,29). The van der Waals surface area contributed by atoms with Crippen molar-refractivity contribution in [2.75, 3.05) is 11.1 Å². The van der Waals surface area contributed by atoms with Crippen molar-refractivity contribution in [2.45, 2.75) is 11.3 Å². The molecule has 0 atom stereocenters. The van der Waals surface area contributed by atoms with Crippen molar-refractivity contribution in [1.29, 1.82) is 0 Å². The number of anilines is 1. The average molecular weight is 430 g/mol. The SMILES string of the molecule is O=C(CSc1nnc2ccc(-c3ccccn3)nn12)Nc1ccc(C(F)(F)F)cc1. The Hall–Kier alpha value is -3.47. The Morgan fingerprint density at radius 2 is 1.80 bits per heavy atom. The molecule has 0 fully saturated rings. The molecule has 152 valence electrons. The van der Waals surface area contributed by atoms with E-state index in [1.165, 1.54) is 16.6 Å². The van der Waals surface area contributed by atoms with Gasteiger partial charge in [-0.1, -0.05) is 17.8 Å². The molecule has 0 saturated heterocycles. The molecule has 0 aliphatic carbocycles. The van der Waals surface area contributed by atoms with Crippen LogP contribution in [0, 0.1) is 0 Å². The molecule has 1 N–H and O–H groups in total. The Balaban J connectivity index is 1.44. The van der Waals surface area contributed by atoms with Gasteiger partial charge in [0.1, 0.15) is 5.69 Å². The van der Waals surface area contributed by atoms with Crippen molar-refractivity contribution >= 4 is 29.0 Å². The number of hydrogen-bond donors (Lipinski definition) is 1. The number of nitrogens with zero attached hydrogens (tertiary/aromatic N) is 5. The fraction of sp³-hybridized carbons (Fsp3) is 0.105. The predicted molar refractivity (Wildman–Crippen MR) is 105 cm³/mol. The predicted octanol–water partition coefficient (Wildman–Crippen LogP) is 3.94. The van der Waals surface area contributed by atoms with Crippen LogP contribution < -0.4 is 5.32 Å². The van der Waals surface area contributed by atoms with E-state index in [0.717, 1.165) is 23.9 Å². The van der Waals surface area contributed by atoms with E-state index in [2.05, 4.69) is 25.6 Å². The summed E-state index contributed by atoms with van der Waals surface area (Å²) in [5, 5.41) is 15.5. The highest BCUT2D eigenvalue weighted by molar-refractivity contribution is 7.99. The number of alkyl halides is 3. The number of amides is 1. The van der Waals surface area contributed by atoms with E-state index in [0.29, 0.717) is 22.2 Å². The number of fused-ring (bicyclic) bond motifs is 1. The number of nitrogens with one attached hydrogen (secondary N) is 1. The molecule has 4 aromatic rings. The fourth-order valence-corrected chi connectivity index (χ4v) is 3.27. The molecule has 30 heavy (non-hydrogen) atoms. The van der Waals surface area contributed by atoms with E-state index in [9.17, 15) is 18.0 Å². The minimum atomic E-state index is -4.42. The largest absolute Gasteiger partial charge is 0.416 e. The molecular formula is C19H13F3N6OS. The third-order valence-corrected chi connectivity index (χ3v) is 4.91. The molecule has 11 heteroatoms. The van der Waals surface area contributed by atoms with E-state index in [4.69, 9.17) is 0 Å². The lowest BCUT2D eigenvalue weighted by Crippen LogP contribution is -2.14. The van der Waals surface area contributed by atoms with Gasteiger partial charge in [-0.2, -0.15) is 22.8 Å². The van der Waals surface area contributed by atoms with E-state index in [-0.39, 0.29) is 11.4 Å². The minimum Gasteiger partial charge on any atom is -0.325 e. The van der Waals surface area contributed by atoms with Crippen LogP contribution in [0.15, 0.2) is 66.0 Å². The van der Waals surface area contributed by atoms with Crippen molar-refractivity contribution in [2.24, 2.45) is 0 Å². The van der Waals surface area contributed by atoms with Crippen molar-refractivity contribution < 1.29 is 18.0 Å². The molecule has 1 amide bonds. The summed E-state index contributed by atoms with van der Waals surface area (Å²) in [6.07, 6.45) is -2.76. The van der Waals surface area contributed by atoms with Crippen molar-refractivity contribution in [3.05, 3.63) is 66.4 Å². The molecule has 0 unspecified atom stereocenters. The van der Waals surface area contributed by atoms with Crippen LogP contribution in [-0.2, 0) is 11.0 Å².